The van der Waals surface area contributed by atoms with Gasteiger partial charge in [-0.25, -0.2) is 18.7 Å². The van der Waals surface area contributed by atoms with Gasteiger partial charge in [-0.2, -0.15) is 4.98 Å². The average Bonchev–Trinajstić information content (AvgIpc) is 3.23. The van der Waals surface area contributed by atoms with Crippen LogP contribution in [0.25, 0.3) is 11.2 Å². The highest BCUT2D eigenvalue weighted by molar-refractivity contribution is 6.33. The Balaban J connectivity index is 1.50. The number of hydrogen-bond donors (Lipinski definition) is 3. The number of carbonyl (C=O) groups excluding carboxylic acids is 2. The molecule has 0 radical (unpaired) electrons. The number of carbonyl (C=O) groups is 2. The maximum absolute atomic E-state index is 14.6. The number of piperidine rings is 1. The van der Waals surface area contributed by atoms with Crippen molar-refractivity contribution in [3.63, 3.8) is 0 Å². The van der Waals surface area contributed by atoms with E-state index >= 15 is 0 Å². The first kappa shape index (κ1) is 26.1. The number of likely N-dealkylation sites (tertiary alicyclic amines) is 1. The lowest BCUT2D eigenvalue weighted by Gasteiger charge is -2.32. The highest BCUT2D eigenvalue weighted by atomic mass is 35.5. The van der Waals surface area contributed by atoms with Crippen molar-refractivity contribution >= 4 is 52.2 Å². The van der Waals surface area contributed by atoms with Crippen molar-refractivity contribution in [2.75, 3.05) is 23.7 Å². The van der Waals surface area contributed by atoms with Gasteiger partial charge >= 0.3 is 0 Å². The molecule has 1 atom stereocenters. The topological polar surface area (TPSA) is 131 Å². The van der Waals surface area contributed by atoms with Gasteiger partial charge in [0.05, 0.1) is 16.9 Å². The Morgan fingerprint density at radius 3 is 2.58 bits per heavy atom. The monoisotopic (exact) mass is 546 g/mol. The third-order valence-corrected chi connectivity index (χ3v) is 7.64. The number of nitrogens with zero attached hydrogens (tertiary/aromatic N) is 5. The van der Waals surface area contributed by atoms with Crippen LogP contribution in [0.4, 0.5) is 26.4 Å². The first-order valence-electron chi connectivity index (χ1n) is 12.7. The van der Waals surface area contributed by atoms with Gasteiger partial charge in [0.2, 0.25) is 23.7 Å². The van der Waals surface area contributed by atoms with E-state index in [-0.39, 0.29) is 46.5 Å². The molecule has 1 aliphatic heterocycles. The standard InChI is InChI=1S/C25H29ClF2N8O2/c1-13(37)35-8-2-3-16(12-35)31-24-30-11-20-23(34-24)36(17-6-4-14(5-7-17)22(29)38)25(32-20)33-21-18(26)9-15(27)10-19(21)28/h9-11,14,16-17H,2-8,12H2,1H3,(H2,29,38)(H,32,33)(H,30,31,34)/t14-,16-,17-/m1/s1. The fraction of sp³-hybridized carbons (Fsp3) is 0.480. The number of imidazole rings is 1. The predicted molar refractivity (Wildman–Crippen MR) is 139 cm³/mol. The number of primary amides is 1. The molecular formula is C25H29ClF2N8O2. The summed E-state index contributed by atoms with van der Waals surface area (Å²) < 4.78 is 30.1. The molecular weight excluding hydrogens is 518 g/mol. The fourth-order valence-corrected chi connectivity index (χ4v) is 5.59. The number of aromatic nitrogens is 4. The van der Waals surface area contributed by atoms with Crippen LogP contribution in [0.3, 0.4) is 0 Å². The summed E-state index contributed by atoms with van der Waals surface area (Å²) in [5.41, 5.74) is 6.42. The second-order valence-corrected chi connectivity index (χ2v) is 10.3. The zero-order chi connectivity index (χ0) is 27.0. The van der Waals surface area contributed by atoms with Crippen molar-refractivity contribution in [2.24, 2.45) is 11.7 Å². The highest BCUT2D eigenvalue weighted by Crippen LogP contribution is 2.38. The van der Waals surface area contributed by atoms with Crippen LogP contribution >= 0.6 is 11.6 Å². The molecule has 3 aromatic rings. The van der Waals surface area contributed by atoms with Crippen molar-refractivity contribution in [3.05, 3.63) is 35.0 Å². The van der Waals surface area contributed by atoms with E-state index in [0.29, 0.717) is 49.3 Å². The Hall–Kier alpha value is -3.54. The van der Waals surface area contributed by atoms with E-state index in [0.717, 1.165) is 31.5 Å². The largest absolute Gasteiger partial charge is 0.369 e. The summed E-state index contributed by atoms with van der Waals surface area (Å²) in [6.07, 6.45) is 5.80. The molecule has 1 saturated carbocycles. The molecule has 2 aromatic heterocycles. The van der Waals surface area contributed by atoms with E-state index in [9.17, 15) is 18.4 Å². The number of nitrogens with one attached hydrogen (secondary N) is 2. The van der Waals surface area contributed by atoms with Gasteiger partial charge in [0.25, 0.3) is 0 Å². The molecule has 4 N–H and O–H groups in total. The molecule has 38 heavy (non-hydrogen) atoms. The summed E-state index contributed by atoms with van der Waals surface area (Å²) >= 11 is 6.15. The second kappa shape index (κ2) is 10.7. The first-order valence-corrected chi connectivity index (χ1v) is 13.0. The van der Waals surface area contributed by atoms with Crippen LogP contribution in [0, 0.1) is 17.6 Å². The molecule has 13 heteroatoms. The van der Waals surface area contributed by atoms with Crippen LogP contribution in [0.5, 0.6) is 0 Å². The minimum atomic E-state index is -0.855. The summed E-state index contributed by atoms with van der Waals surface area (Å²) in [7, 11) is 0. The summed E-state index contributed by atoms with van der Waals surface area (Å²) in [5.74, 6) is -1.47. The number of nitrogens with two attached hydrogens (primary N) is 1. The van der Waals surface area contributed by atoms with E-state index in [1.54, 1.807) is 18.0 Å². The van der Waals surface area contributed by atoms with Gasteiger partial charge in [-0.3, -0.25) is 14.2 Å². The van der Waals surface area contributed by atoms with Crippen LogP contribution in [-0.2, 0) is 9.59 Å². The fourth-order valence-electron chi connectivity index (χ4n) is 5.35. The Bertz CT molecular complexity index is 1350. The van der Waals surface area contributed by atoms with Crippen LogP contribution in [0.1, 0.15) is 51.5 Å². The first-order chi connectivity index (χ1) is 18.2. The molecule has 1 saturated heterocycles. The van der Waals surface area contributed by atoms with E-state index in [2.05, 4.69) is 20.6 Å². The van der Waals surface area contributed by atoms with E-state index < -0.39 is 11.6 Å². The Morgan fingerprint density at radius 2 is 1.89 bits per heavy atom. The lowest BCUT2D eigenvalue weighted by Crippen LogP contribution is -2.44. The Morgan fingerprint density at radius 1 is 1.13 bits per heavy atom. The zero-order valence-electron chi connectivity index (χ0n) is 20.9. The van der Waals surface area contributed by atoms with Crippen molar-refractivity contribution in [3.8, 4) is 0 Å². The molecule has 2 aliphatic rings. The molecule has 2 fully saturated rings. The average molecular weight is 547 g/mol. The quantitative estimate of drug-likeness (QED) is 0.423. The molecule has 1 aliphatic carbocycles. The summed E-state index contributed by atoms with van der Waals surface area (Å²) in [5, 5.41) is 6.14. The Kier molecular flexibility index (Phi) is 7.33. The van der Waals surface area contributed by atoms with Crippen molar-refractivity contribution in [2.45, 2.75) is 57.5 Å². The number of fused-ring (bicyclic) bond motifs is 1. The van der Waals surface area contributed by atoms with Gasteiger partial charge in [-0.15, -0.1) is 0 Å². The molecule has 5 rings (SSSR count). The van der Waals surface area contributed by atoms with Gasteiger partial charge in [0.1, 0.15) is 11.3 Å². The second-order valence-electron chi connectivity index (χ2n) is 9.93. The van der Waals surface area contributed by atoms with Crippen molar-refractivity contribution in [1.29, 1.82) is 0 Å². The third-order valence-electron chi connectivity index (χ3n) is 7.34. The lowest BCUT2D eigenvalue weighted by atomic mass is 9.85. The number of hydrogen-bond acceptors (Lipinski definition) is 7. The third kappa shape index (κ3) is 5.35. The van der Waals surface area contributed by atoms with Gasteiger partial charge in [-0.1, -0.05) is 11.6 Å². The van der Waals surface area contributed by atoms with Gasteiger partial charge < -0.3 is 21.3 Å². The molecule has 0 unspecified atom stereocenters. The van der Waals surface area contributed by atoms with E-state index in [1.807, 2.05) is 4.57 Å². The summed E-state index contributed by atoms with van der Waals surface area (Å²) in [6.45, 7) is 2.84. The minimum Gasteiger partial charge on any atom is -0.369 e. The van der Waals surface area contributed by atoms with Crippen LogP contribution < -0.4 is 16.4 Å². The van der Waals surface area contributed by atoms with Gasteiger partial charge in [-0.05, 0) is 44.6 Å². The predicted octanol–water partition coefficient (Wildman–Crippen LogP) is 4.14. The summed E-state index contributed by atoms with van der Waals surface area (Å²) in [6, 6.07) is 1.66. The molecule has 1 aromatic carbocycles. The Labute approximate surface area is 223 Å². The smallest absolute Gasteiger partial charge is 0.225 e. The van der Waals surface area contributed by atoms with Crippen LogP contribution in [0.2, 0.25) is 5.02 Å². The molecule has 202 valence electrons. The normalized spacial score (nSPS) is 21.9. The molecule has 3 heterocycles. The SMILES string of the molecule is CC(=O)N1CCC[C@@H](Nc2ncc3nc(Nc4c(F)cc(F)cc4Cl)n([C@H]4CC[C@H](C(N)=O)CC4)c3n2)C1. The van der Waals surface area contributed by atoms with Gasteiger partial charge in [0.15, 0.2) is 11.5 Å². The number of benzene rings is 1. The van der Waals surface area contributed by atoms with Crippen molar-refractivity contribution < 1.29 is 18.4 Å². The summed E-state index contributed by atoms with van der Waals surface area (Å²) in [4.78, 5) is 39.1. The highest BCUT2D eigenvalue weighted by Gasteiger charge is 2.30. The molecule has 0 bridgehead atoms. The van der Waals surface area contributed by atoms with Crippen LogP contribution in [-0.4, -0.2) is 55.4 Å². The maximum atomic E-state index is 14.6. The molecule has 0 spiro atoms. The van der Waals surface area contributed by atoms with Crippen molar-refractivity contribution in [1.82, 2.24) is 24.4 Å². The minimum absolute atomic E-state index is 0.00260. The number of amides is 2. The molecule has 2 amide bonds. The van der Waals surface area contributed by atoms with Gasteiger partial charge in [0, 0.05) is 44.1 Å². The number of rotatable bonds is 6. The van der Waals surface area contributed by atoms with E-state index in [4.69, 9.17) is 22.3 Å². The number of anilines is 3. The molecule has 10 nitrogen and oxygen atoms in total. The van der Waals surface area contributed by atoms with E-state index in [1.165, 1.54) is 0 Å². The maximum Gasteiger partial charge on any atom is 0.225 e. The lowest BCUT2D eigenvalue weighted by molar-refractivity contribution is -0.129. The van der Waals surface area contributed by atoms with Crippen LogP contribution in [0.15, 0.2) is 18.3 Å². The number of halogens is 3. The zero-order valence-corrected chi connectivity index (χ0v) is 21.6.